The Bertz CT molecular complexity index is 634. The van der Waals surface area contributed by atoms with Crippen molar-refractivity contribution in [1.82, 2.24) is 4.98 Å². The van der Waals surface area contributed by atoms with E-state index in [1.54, 1.807) is 0 Å². The van der Waals surface area contributed by atoms with Crippen LogP contribution < -0.4 is 0 Å². The van der Waals surface area contributed by atoms with Crippen LogP contribution in [0.1, 0.15) is 17.5 Å². The zero-order valence-electron chi connectivity index (χ0n) is 10.2. The Hall–Kier alpha value is -1.38. The number of halogens is 1. The second-order valence-electron chi connectivity index (χ2n) is 4.56. The highest BCUT2D eigenvalue weighted by atomic mass is 35.5. The van der Waals surface area contributed by atoms with Crippen molar-refractivity contribution in [3.63, 3.8) is 0 Å². The largest absolute Gasteiger partial charge is 0.377 e. The van der Waals surface area contributed by atoms with E-state index in [0.717, 1.165) is 34.5 Å². The first-order valence-corrected chi connectivity index (χ1v) is 6.45. The van der Waals surface area contributed by atoms with Gasteiger partial charge in [-0.25, -0.2) is 0 Å². The summed E-state index contributed by atoms with van der Waals surface area (Å²) in [4.78, 5) is 4.51. The molecule has 18 heavy (non-hydrogen) atoms. The molecule has 0 amide bonds. The number of hydrogen-bond acceptors (Lipinski definition) is 2. The minimum atomic E-state index is 0.664. The normalized spacial score (nSPS) is 15.8. The smallest absolute Gasteiger partial charge is 0.0720 e. The van der Waals surface area contributed by atoms with E-state index in [2.05, 4.69) is 30.1 Å². The third-order valence-electron chi connectivity index (χ3n) is 3.27. The van der Waals surface area contributed by atoms with E-state index in [0.29, 0.717) is 6.61 Å². The molecule has 1 aliphatic rings. The number of ether oxygens (including phenoxy) is 1. The van der Waals surface area contributed by atoms with Crippen LogP contribution in [-0.2, 0) is 4.74 Å². The Morgan fingerprint density at radius 3 is 3.00 bits per heavy atom. The van der Waals surface area contributed by atoms with Gasteiger partial charge in [-0.05, 0) is 30.5 Å². The summed E-state index contributed by atoms with van der Waals surface area (Å²) in [6.45, 7) is 3.48. The van der Waals surface area contributed by atoms with Gasteiger partial charge in [-0.2, -0.15) is 0 Å². The number of aryl methyl sites for hydroxylation is 1. The van der Waals surface area contributed by atoms with Crippen LogP contribution in [0.15, 0.2) is 30.5 Å². The number of pyridine rings is 1. The summed E-state index contributed by atoms with van der Waals surface area (Å²) >= 11 is 6.51. The number of nitrogens with zero attached hydrogens (tertiary/aromatic N) is 1. The van der Waals surface area contributed by atoms with E-state index >= 15 is 0 Å². The van der Waals surface area contributed by atoms with Crippen molar-refractivity contribution in [2.24, 2.45) is 0 Å². The summed E-state index contributed by atoms with van der Waals surface area (Å²) in [5, 5.41) is 1.82. The predicted octanol–water partition coefficient (Wildman–Crippen LogP) is 4.00. The van der Waals surface area contributed by atoms with Crippen molar-refractivity contribution in [2.45, 2.75) is 13.3 Å². The average molecular weight is 260 g/mol. The van der Waals surface area contributed by atoms with Gasteiger partial charge in [0.1, 0.15) is 0 Å². The minimum absolute atomic E-state index is 0.664. The van der Waals surface area contributed by atoms with Gasteiger partial charge < -0.3 is 4.74 Å². The van der Waals surface area contributed by atoms with E-state index in [4.69, 9.17) is 16.3 Å². The van der Waals surface area contributed by atoms with Crippen molar-refractivity contribution in [3.8, 4) is 0 Å². The first-order valence-electron chi connectivity index (χ1n) is 6.08. The molecular formula is C15H14ClNO. The monoisotopic (exact) mass is 259 g/mol. The third kappa shape index (κ3) is 2.02. The molecule has 3 heteroatoms. The van der Waals surface area contributed by atoms with E-state index < -0.39 is 0 Å². The molecule has 1 aromatic carbocycles. The highest BCUT2D eigenvalue weighted by Gasteiger charge is 2.13. The molecule has 0 spiro atoms. The lowest BCUT2D eigenvalue weighted by Gasteiger charge is -2.15. The minimum Gasteiger partial charge on any atom is -0.377 e. The maximum absolute atomic E-state index is 6.51. The molecule has 92 valence electrons. The first kappa shape index (κ1) is 11.7. The molecule has 2 nitrogen and oxygen atoms in total. The molecule has 1 aromatic heterocycles. The molecule has 0 saturated heterocycles. The molecule has 0 atom stereocenters. The molecule has 0 radical (unpaired) electrons. The van der Waals surface area contributed by atoms with Gasteiger partial charge in [0.25, 0.3) is 0 Å². The summed E-state index contributed by atoms with van der Waals surface area (Å²) in [5.41, 5.74) is 4.43. The Balaban J connectivity index is 2.17. The Labute approximate surface area is 111 Å². The number of benzene rings is 1. The average Bonchev–Trinajstić information content (AvgIpc) is 2.40. The lowest BCUT2D eigenvalue weighted by Crippen LogP contribution is -2.04. The van der Waals surface area contributed by atoms with Gasteiger partial charge in [0.05, 0.1) is 23.8 Å². The van der Waals surface area contributed by atoms with Gasteiger partial charge in [0.15, 0.2) is 0 Å². The second kappa shape index (κ2) is 4.71. The number of fused-ring (bicyclic) bond motifs is 1. The SMILES string of the molecule is Cc1ccc2c(Cl)c(C3=CCOCC3)cnc2c1. The molecule has 0 fully saturated rings. The highest BCUT2D eigenvalue weighted by molar-refractivity contribution is 6.37. The van der Waals surface area contributed by atoms with Crippen LogP contribution in [0.3, 0.4) is 0 Å². The summed E-state index contributed by atoms with van der Waals surface area (Å²) in [6, 6.07) is 6.17. The lowest BCUT2D eigenvalue weighted by molar-refractivity contribution is 0.161. The molecule has 3 rings (SSSR count). The highest BCUT2D eigenvalue weighted by Crippen LogP contribution is 2.32. The third-order valence-corrected chi connectivity index (χ3v) is 3.68. The summed E-state index contributed by atoms with van der Waals surface area (Å²) in [5.74, 6) is 0. The molecule has 1 aliphatic heterocycles. The topological polar surface area (TPSA) is 22.1 Å². The molecule has 0 saturated carbocycles. The second-order valence-corrected chi connectivity index (χ2v) is 4.94. The maximum Gasteiger partial charge on any atom is 0.0720 e. The molecule has 2 heterocycles. The van der Waals surface area contributed by atoms with E-state index in [1.807, 2.05) is 12.3 Å². The van der Waals surface area contributed by atoms with Crippen LogP contribution in [0.5, 0.6) is 0 Å². The van der Waals surface area contributed by atoms with Gasteiger partial charge in [-0.3, -0.25) is 4.98 Å². The van der Waals surface area contributed by atoms with Gasteiger partial charge in [-0.1, -0.05) is 29.8 Å². The van der Waals surface area contributed by atoms with Gasteiger partial charge >= 0.3 is 0 Å². The van der Waals surface area contributed by atoms with Crippen LogP contribution in [0, 0.1) is 6.92 Å². The number of rotatable bonds is 1. The van der Waals surface area contributed by atoms with Crippen LogP contribution in [0.25, 0.3) is 16.5 Å². The zero-order valence-corrected chi connectivity index (χ0v) is 11.0. The van der Waals surface area contributed by atoms with Crippen LogP contribution >= 0.6 is 11.6 Å². The van der Waals surface area contributed by atoms with Crippen molar-refractivity contribution >= 4 is 28.1 Å². The summed E-state index contributed by atoms with van der Waals surface area (Å²) < 4.78 is 5.32. The van der Waals surface area contributed by atoms with Crippen molar-refractivity contribution in [1.29, 1.82) is 0 Å². The Morgan fingerprint density at radius 1 is 1.33 bits per heavy atom. The molecule has 2 aromatic rings. The van der Waals surface area contributed by atoms with Crippen molar-refractivity contribution in [2.75, 3.05) is 13.2 Å². The summed E-state index contributed by atoms with van der Waals surface area (Å²) in [7, 11) is 0. The number of aromatic nitrogens is 1. The van der Waals surface area contributed by atoms with Crippen molar-refractivity contribution < 1.29 is 4.74 Å². The van der Waals surface area contributed by atoms with Crippen LogP contribution in [0.4, 0.5) is 0 Å². The first-order chi connectivity index (χ1) is 8.75. The molecule has 0 unspecified atom stereocenters. The lowest BCUT2D eigenvalue weighted by atomic mass is 10.0. The fourth-order valence-electron chi connectivity index (χ4n) is 2.27. The maximum atomic E-state index is 6.51. The van der Waals surface area contributed by atoms with Crippen LogP contribution in [0.2, 0.25) is 5.02 Å². The van der Waals surface area contributed by atoms with Gasteiger partial charge in [-0.15, -0.1) is 0 Å². The van der Waals surface area contributed by atoms with E-state index in [1.165, 1.54) is 11.1 Å². The fourth-order valence-corrected chi connectivity index (χ4v) is 2.60. The molecule has 0 bridgehead atoms. The Kier molecular flexibility index (Phi) is 3.06. The molecular weight excluding hydrogens is 246 g/mol. The van der Waals surface area contributed by atoms with E-state index in [-0.39, 0.29) is 0 Å². The molecule has 0 aliphatic carbocycles. The number of hydrogen-bond donors (Lipinski definition) is 0. The fraction of sp³-hybridized carbons (Fsp3) is 0.267. The van der Waals surface area contributed by atoms with E-state index in [9.17, 15) is 0 Å². The van der Waals surface area contributed by atoms with Gasteiger partial charge in [0, 0.05) is 17.1 Å². The molecule has 0 N–H and O–H groups in total. The van der Waals surface area contributed by atoms with Crippen LogP contribution in [-0.4, -0.2) is 18.2 Å². The van der Waals surface area contributed by atoms with Gasteiger partial charge in [0.2, 0.25) is 0 Å². The standard InChI is InChI=1S/C15H14ClNO/c1-10-2-3-12-14(8-10)17-9-13(15(12)16)11-4-6-18-7-5-11/h2-4,8-9H,5-7H2,1H3. The predicted molar refractivity (Wildman–Crippen MR) is 74.9 cm³/mol. The Morgan fingerprint density at radius 2 is 2.22 bits per heavy atom. The zero-order chi connectivity index (χ0) is 12.5. The summed E-state index contributed by atoms with van der Waals surface area (Å²) in [6.07, 6.45) is 4.87. The van der Waals surface area contributed by atoms with Crippen molar-refractivity contribution in [3.05, 3.63) is 46.6 Å². The quantitative estimate of drug-likeness (QED) is 0.772.